The quantitative estimate of drug-likeness (QED) is 0.652. The van der Waals surface area contributed by atoms with Gasteiger partial charge in [0.05, 0.1) is 0 Å². The van der Waals surface area contributed by atoms with E-state index in [9.17, 15) is 14.4 Å². The molecule has 0 aliphatic carbocycles. The molecule has 3 aromatic rings. The molecule has 30 heavy (non-hydrogen) atoms. The minimum absolute atomic E-state index is 0.346. The van der Waals surface area contributed by atoms with Crippen LogP contribution in [-0.2, 0) is 15.1 Å². The molecule has 152 valence electrons. The number of urea groups is 1. The molecule has 0 saturated carbocycles. The summed E-state index contributed by atoms with van der Waals surface area (Å²) in [5.41, 5.74) is 2.12. The van der Waals surface area contributed by atoms with Crippen molar-refractivity contribution in [2.45, 2.75) is 26.3 Å². The monoisotopic (exact) mass is 401 g/mol. The molecule has 1 aliphatic heterocycles. The van der Waals surface area contributed by atoms with Gasteiger partial charge in [0.25, 0.3) is 5.91 Å². The van der Waals surface area contributed by atoms with Crippen LogP contribution in [0.4, 0.5) is 10.5 Å². The van der Waals surface area contributed by atoms with Crippen molar-refractivity contribution in [2.24, 2.45) is 0 Å². The highest BCUT2D eigenvalue weighted by Crippen LogP contribution is 2.31. The van der Waals surface area contributed by atoms with Crippen molar-refractivity contribution in [1.82, 2.24) is 10.2 Å². The van der Waals surface area contributed by atoms with Gasteiger partial charge in [0.2, 0.25) is 5.91 Å². The van der Waals surface area contributed by atoms with Gasteiger partial charge >= 0.3 is 6.03 Å². The van der Waals surface area contributed by atoms with Crippen LogP contribution in [-0.4, -0.2) is 29.3 Å². The molecule has 1 atom stereocenters. The number of imide groups is 1. The average molecular weight is 401 g/mol. The van der Waals surface area contributed by atoms with Gasteiger partial charge in [-0.2, -0.15) is 0 Å². The molecule has 0 spiro atoms. The topological polar surface area (TPSA) is 78.5 Å². The Morgan fingerprint density at radius 2 is 1.73 bits per heavy atom. The summed E-state index contributed by atoms with van der Waals surface area (Å²) < 4.78 is 0. The molecule has 6 nitrogen and oxygen atoms in total. The predicted molar refractivity (Wildman–Crippen MR) is 116 cm³/mol. The summed E-state index contributed by atoms with van der Waals surface area (Å²) in [7, 11) is 0. The fourth-order valence-electron chi connectivity index (χ4n) is 3.76. The first kappa shape index (κ1) is 19.6. The SMILES string of the molecule is Cc1cccc(NC(=O)CN2C(=O)NC(C)(c3ccc4ccccc4c3)C2=O)c1C. The van der Waals surface area contributed by atoms with Crippen LogP contribution < -0.4 is 10.6 Å². The number of rotatable bonds is 4. The smallest absolute Gasteiger partial charge is 0.324 e. The highest BCUT2D eigenvalue weighted by molar-refractivity contribution is 6.10. The molecule has 0 aromatic heterocycles. The van der Waals surface area contributed by atoms with Crippen molar-refractivity contribution in [2.75, 3.05) is 11.9 Å². The van der Waals surface area contributed by atoms with Crippen LogP contribution in [0.2, 0.25) is 0 Å². The maximum atomic E-state index is 13.1. The molecular formula is C24H23N3O3. The number of carbonyl (C=O) groups is 3. The van der Waals surface area contributed by atoms with Crippen LogP contribution in [0.5, 0.6) is 0 Å². The van der Waals surface area contributed by atoms with Crippen molar-refractivity contribution in [3.8, 4) is 0 Å². The van der Waals surface area contributed by atoms with E-state index in [1.165, 1.54) is 0 Å². The Balaban J connectivity index is 1.55. The van der Waals surface area contributed by atoms with E-state index in [0.717, 1.165) is 26.8 Å². The molecule has 1 heterocycles. The Morgan fingerprint density at radius 1 is 1.00 bits per heavy atom. The van der Waals surface area contributed by atoms with Gasteiger partial charge in [-0.3, -0.25) is 14.5 Å². The molecule has 3 aromatic carbocycles. The van der Waals surface area contributed by atoms with Crippen LogP contribution in [0.1, 0.15) is 23.6 Å². The maximum Gasteiger partial charge on any atom is 0.325 e. The van der Waals surface area contributed by atoms with Crippen LogP contribution >= 0.6 is 0 Å². The van der Waals surface area contributed by atoms with E-state index in [1.807, 2.05) is 68.4 Å². The van der Waals surface area contributed by atoms with E-state index >= 15 is 0 Å². The van der Waals surface area contributed by atoms with Crippen LogP contribution in [0.15, 0.2) is 60.7 Å². The van der Waals surface area contributed by atoms with E-state index in [-0.39, 0.29) is 6.54 Å². The van der Waals surface area contributed by atoms with Gasteiger partial charge < -0.3 is 10.6 Å². The van der Waals surface area contributed by atoms with Crippen LogP contribution in [0.3, 0.4) is 0 Å². The van der Waals surface area contributed by atoms with Gasteiger partial charge in [-0.05, 0) is 60.4 Å². The molecule has 4 amide bonds. The number of nitrogens with one attached hydrogen (secondary N) is 2. The molecule has 0 radical (unpaired) electrons. The lowest BCUT2D eigenvalue weighted by Crippen LogP contribution is -2.42. The van der Waals surface area contributed by atoms with Gasteiger partial charge in [0.1, 0.15) is 12.1 Å². The number of nitrogens with zero attached hydrogens (tertiary/aromatic N) is 1. The van der Waals surface area contributed by atoms with Crippen molar-refractivity contribution in [3.05, 3.63) is 77.4 Å². The number of benzene rings is 3. The lowest BCUT2D eigenvalue weighted by atomic mass is 9.90. The van der Waals surface area contributed by atoms with Gasteiger partial charge in [0, 0.05) is 5.69 Å². The number of aryl methyl sites for hydroxylation is 1. The number of carbonyl (C=O) groups excluding carboxylic acids is 3. The van der Waals surface area contributed by atoms with Crippen molar-refractivity contribution < 1.29 is 14.4 Å². The number of anilines is 1. The number of fused-ring (bicyclic) bond motifs is 1. The molecule has 2 N–H and O–H groups in total. The second-order valence-electron chi connectivity index (χ2n) is 7.80. The van der Waals surface area contributed by atoms with E-state index in [4.69, 9.17) is 0 Å². The summed E-state index contributed by atoms with van der Waals surface area (Å²) in [5, 5.41) is 7.58. The highest BCUT2D eigenvalue weighted by Gasteiger charge is 2.49. The largest absolute Gasteiger partial charge is 0.325 e. The molecule has 6 heteroatoms. The average Bonchev–Trinajstić information content (AvgIpc) is 2.95. The molecule has 1 unspecified atom stereocenters. The van der Waals surface area contributed by atoms with Crippen LogP contribution in [0.25, 0.3) is 10.8 Å². The summed E-state index contributed by atoms with van der Waals surface area (Å²) in [6.45, 7) is 5.19. The van der Waals surface area contributed by atoms with E-state index in [1.54, 1.807) is 13.0 Å². The zero-order valence-electron chi connectivity index (χ0n) is 17.2. The van der Waals surface area contributed by atoms with E-state index < -0.39 is 23.4 Å². The highest BCUT2D eigenvalue weighted by atomic mass is 16.2. The molecule has 0 bridgehead atoms. The first-order chi connectivity index (χ1) is 14.3. The van der Waals surface area contributed by atoms with Crippen molar-refractivity contribution in [1.29, 1.82) is 0 Å². The maximum absolute atomic E-state index is 13.1. The van der Waals surface area contributed by atoms with E-state index in [2.05, 4.69) is 10.6 Å². The van der Waals surface area contributed by atoms with Gasteiger partial charge in [-0.25, -0.2) is 4.79 Å². The fraction of sp³-hybridized carbons (Fsp3) is 0.208. The number of hydrogen-bond acceptors (Lipinski definition) is 3. The second-order valence-corrected chi connectivity index (χ2v) is 7.80. The minimum atomic E-state index is -1.22. The third-order valence-corrected chi connectivity index (χ3v) is 5.78. The molecular weight excluding hydrogens is 378 g/mol. The first-order valence-corrected chi connectivity index (χ1v) is 9.79. The zero-order chi connectivity index (χ0) is 21.5. The number of hydrogen-bond donors (Lipinski definition) is 2. The van der Waals surface area contributed by atoms with Crippen molar-refractivity contribution in [3.63, 3.8) is 0 Å². The molecule has 4 rings (SSSR count). The van der Waals surface area contributed by atoms with Crippen LogP contribution in [0, 0.1) is 13.8 Å². The molecule has 1 aliphatic rings. The van der Waals surface area contributed by atoms with E-state index in [0.29, 0.717) is 11.3 Å². The predicted octanol–water partition coefficient (Wildman–Crippen LogP) is 3.86. The number of amides is 4. The minimum Gasteiger partial charge on any atom is -0.324 e. The Hall–Kier alpha value is -3.67. The Labute approximate surface area is 174 Å². The lowest BCUT2D eigenvalue weighted by molar-refractivity contribution is -0.133. The molecule has 1 saturated heterocycles. The Bertz CT molecular complexity index is 1190. The summed E-state index contributed by atoms with van der Waals surface area (Å²) in [5.74, 6) is -0.867. The normalized spacial score (nSPS) is 18.6. The third-order valence-electron chi connectivity index (χ3n) is 5.78. The van der Waals surface area contributed by atoms with Gasteiger partial charge in [0.15, 0.2) is 0 Å². The Kier molecular flexibility index (Phi) is 4.78. The Morgan fingerprint density at radius 3 is 2.50 bits per heavy atom. The van der Waals surface area contributed by atoms with Crippen molar-refractivity contribution >= 4 is 34.3 Å². The second kappa shape index (κ2) is 7.30. The van der Waals surface area contributed by atoms with Gasteiger partial charge in [-0.15, -0.1) is 0 Å². The summed E-state index contributed by atoms with van der Waals surface area (Å²) >= 11 is 0. The fourth-order valence-corrected chi connectivity index (χ4v) is 3.76. The first-order valence-electron chi connectivity index (χ1n) is 9.79. The summed E-state index contributed by atoms with van der Waals surface area (Å²) in [6.07, 6.45) is 0. The summed E-state index contributed by atoms with van der Waals surface area (Å²) in [6, 6.07) is 18.5. The lowest BCUT2D eigenvalue weighted by Gasteiger charge is -2.22. The zero-order valence-corrected chi connectivity index (χ0v) is 17.2. The molecule has 1 fully saturated rings. The van der Waals surface area contributed by atoms with Gasteiger partial charge in [-0.1, -0.05) is 48.5 Å². The standard InChI is InChI=1S/C24H23N3O3/c1-15-7-6-10-20(16(15)2)25-21(28)14-27-22(29)24(3,26-23(27)30)19-12-11-17-8-4-5-9-18(17)13-19/h4-13H,14H2,1-3H3,(H,25,28)(H,26,30). The third kappa shape index (κ3) is 3.30. The summed E-state index contributed by atoms with van der Waals surface area (Å²) in [4.78, 5) is 39.2.